The highest BCUT2D eigenvalue weighted by Gasteiger charge is 2.18. The number of H-pyrrole nitrogens is 2. The van der Waals surface area contributed by atoms with E-state index in [4.69, 9.17) is 0 Å². The van der Waals surface area contributed by atoms with Crippen LogP contribution in [-0.2, 0) is 4.79 Å². The molecule has 0 unspecified atom stereocenters. The summed E-state index contributed by atoms with van der Waals surface area (Å²) in [5, 5.41) is 12.8. The van der Waals surface area contributed by atoms with Gasteiger partial charge in [0.25, 0.3) is 0 Å². The molecule has 8 heteroatoms. The molecule has 40 heavy (non-hydrogen) atoms. The van der Waals surface area contributed by atoms with Crippen molar-refractivity contribution in [2.24, 2.45) is 5.92 Å². The monoisotopic (exact) mass is 546 g/mol. The summed E-state index contributed by atoms with van der Waals surface area (Å²) in [6, 6.07) is 16.9. The highest BCUT2D eigenvalue weighted by Crippen LogP contribution is 2.37. The molecular formula is C32H30N6OS. The van der Waals surface area contributed by atoms with Crippen LogP contribution in [-0.4, -0.2) is 31.1 Å². The van der Waals surface area contributed by atoms with E-state index in [2.05, 4.69) is 79.9 Å². The molecule has 7 nitrogen and oxygen atoms in total. The van der Waals surface area contributed by atoms with Gasteiger partial charge in [-0.2, -0.15) is 5.10 Å². The van der Waals surface area contributed by atoms with Crippen LogP contribution >= 0.6 is 11.3 Å². The molecule has 6 aromatic rings. The number of benzene rings is 1. The third-order valence-electron chi connectivity index (χ3n) is 7.90. The molecule has 1 aliphatic rings. The minimum absolute atomic E-state index is 0.0624. The second-order valence-electron chi connectivity index (χ2n) is 10.8. The summed E-state index contributed by atoms with van der Waals surface area (Å²) in [6.07, 6.45) is 11.9. The molecule has 200 valence electrons. The van der Waals surface area contributed by atoms with E-state index in [0.717, 1.165) is 46.3 Å². The number of anilines is 1. The molecule has 5 aromatic heterocycles. The van der Waals surface area contributed by atoms with Crippen LogP contribution in [0.2, 0.25) is 0 Å². The first-order valence-corrected chi connectivity index (χ1v) is 14.7. The molecule has 0 bridgehead atoms. The van der Waals surface area contributed by atoms with E-state index in [0.29, 0.717) is 23.7 Å². The Morgan fingerprint density at radius 2 is 1.88 bits per heavy atom. The number of aromatic amines is 2. The SMILES string of the molecule is Cc1ccc(-c2cccc3[nH]c(-c4[nH]nc5ncc(-c6cncc(NC(=O)CC7CCCCC7)c6)cc45)cc23)s1. The predicted molar refractivity (Wildman–Crippen MR) is 162 cm³/mol. The fraction of sp³-hybridized carbons (Fsp3) is 0.250. The van der Waals surface area contributed by atoms with Gasteiger partial charge in [-0.15, -0.1) is 11.3 Å². The molecule has 1 saturated carbocycles. The molecule has 0 atom stereocenters. The third kappa shape index (κ3) is 4.79. The molecule has 0 radical (unpaired) electrons. The van der Waals surface area contributed by atoms with Crippen LogP contribution in [0.5, 0.6) is 0 Å². The van der Waals surface area contributed by atoms with Crippen molar-refractivity contribution in [1.29, 1.82) is 0 Å². The maximum atomic E-state index is 12.7. The maximum absolute atomic E-state index is 12.7. The van der Waals surface area contributed by atoms with E-state index in [1.165, 1.54) is 40.0 Å². The third-order valence-corrected chi connectivity index (χ3v) is 8.94. The molecular weight excluding hydrogens is 516 g/mol. The summed E-state index contributed by atoms with van der Waals surface area (Å²) in [7, 11) is 0. The summed E-state index contributed by atoms with van der Waals surface area (Å²) >= 11 is 1.80. The standard InChI is InChI=1S/C32H30N6OS/c1-19-10-11-29(40-19)24-8-5-9-27-25(24)15-28(36-27)31-26-14-22(17-34-32(26)38-37-31)21-13-23(18-33-16-21)35-30(39)12-20-6-3-2-4-7-20/h5,8-11,13-18,20,36H,2-4,6-7,12H2,1H3,(H,35,39)(H,34,37,38). The van der Waals surface area contributed by atoms with Gasteiger partial charge in [-0.25, -0.2) is 4.98 Å². The molecule has 1 amide bonds. The second-order valence-corrected chi connectivity index (χ2v) is 12.1. The van der Waals surface area contributed by atoms with Crippen molar-refractivity contribution >= 4 is 44.9 Å². The van der Waals surface area contributed by atoms with Gasteiger partial charge in [0.2, 0.25) is 5.91 Å². The van der Waals surface area contributed by atoms with Gasteiger partial charge in [0.05, 0.1) is 23.3 Å². The molecule has 0 spiro atoms. The van der Waals surface area contributed by atoms with Crippen molar-refractivity contribution in [2.75, 3.05) is 5.32 Å². The van der Waals surface area contributed by atoms with Gasteiger partial charge in [0.1, 0.15) is 0 Å². The lowest BCUT2D eigenvalue weighted by Crippen LogP contribution is -2.18. The van der Waals surface area contributed by atoms with E-state index in [9.17, 15) is 4.79 Å². The van der Waals surface area contributed by atoms with Gasteiger partial charge in [-0.1, -0.05) is 31.4 Å². The largest absolute Gasteiger partial charge is 0.353 e. The first-order chi connectivity index (χ1) is 19.6. The lowest BCUT2D eigenvalue weighted by atomic mass is 9.87. The van der Waals surface area contributed by atoms with E-state index in [-0.39, 0.29) is 5.91 Å². The highest BCUT2D eigenvalue weighted by molar-refractivity contribution is 7.15. The molecule has 1 aliphatic carbocycles. The molecule has 1 aromatic carbocycles. The number of rotatable bonds is 6. The number of hydrogen-bond acceptors (Lipinski definition) is 5. The lowest BCUT2D eigenvalue weighted by molar-refractivity contribution is -0.117. The summed E-state index contributed by atoms with van der Waals surface area (Å²) in [4.78, 5) is 27.8. The number of fused-ring (bicyclic) bond motifs is 2. The van der Waals surface area contributed by atoms with Crippen molar-refractivity contribution in [3.63, 3.8) is 0 Å². The number of thiophene rings is 1. The number of aromatic nitrogens is 5. The fourth-order valence-electron chi connectivity index (χ4n) is 5.88. The average Bonchev–Trinajstić information content (AvgIpc) is 3.71. The zero-order valence-corrected chi connectivity index (χ0v) is 23.1. The number of amides is 1. The maximum Gasteiger partial charge on any atom is 0.224 e. The van der Waals surface area contributed by atoms with E-state index >= 15 is 0 Å². The van der Waals surface area contributed by atoms with E-state index in [1.807, 2.05) is 6.07 Å². The Labute approximate surface area is 236 Å². The Kier molecular flexibility index (Phi) is 6.40. The molecule has 3 N–H and O–H groups in total. The van der Waals surface area contributed by atoms with Gasteiger partial charge in [0, 0.05) is 61.5 Å². The topological polar surface area (TPSA) is 99.3 Å². The van der Waals surface area contributed by atoms with Gasteiger partial charge < -0.3 is 10.3 Å². The Morgan fingerprint density at radius 3 is 2.73 bits per heavy atom. The van der Waals surface area contributed by atoms with Gasteiger partial charge in [-0.05, 0) is 62.1 Å². The molecule has 1 fully saturated rings. The van der Waals surface area contributed by atoms with E-state index in [1.54, 1.807) is 29.9 Å². The van der Waals surface area contributed by atoms with Crippen LogP contribution in [0.1, 0.15) is 43.4 Å². The first kappa shape index (κ1) is 24.7. The first-order valence-electron chi connectivity index (χ1n) is 13.9. The normalized spacial score (nSPS) is 14.2. The molecule has 0 aliphatic heterocycles. The van der Waals surface area contributed by atoms with Crippen LogP contribution in [0.15, 0.2) is 67.1 Å². The van der Waals surface area contributed by atoms with Crippen molar-refractivity contribution in [3.05, 3.63) is 72.0 Å². The van der Waals surface area contributed by atoms with Crippen molar-refractivity contribution in [3.8, 4) is 33.0 Å². The molecule has 7 rings (SSSR count). The highest BCUT2D eigenvalue weighted by atomic mass is 32.1. The quantitative estimate of drug-likeness (QED) is 0.196. The second kappa shape index (κ2) is 10.4. The van der Waals surface area contributed by atoms with Crippen LogP contribution < -0.4 is 5.32 Å². The average molecular weight is 547 g/mol. The van der Waals surface area contributed by atoms with Gasteiger partial charge in [0.15, 0.2) is 5.65 Å². The summed E-state index contributed by atoms with van der Waals surface area (Å²) in [6.45, 7) is 2.13. The minimum Gasteiger partial charge on any atom is -0.353 e. The van der Waals surface area contributed by atoms with Crippen LogP contribution in [0.3, 0.4) is 0 Å². The Balaban J connectivity index is 1.19. The number of pyridine rings is 2. The van der Waals surface area contributed by atoms with E-state index < -0.39 is 0 Å². The minimum atomic E-state index is 0.0624. The molecule has 0 saturated heterocycles. The smallest absolute Gasteiger partial charge is 0.224 e. The van der Waals surface area contributed by atoms with Crippen molar-refractivity contribution in [2.45, 2.75) is 45.4 Å². The zero-order valence-electron chi connectivity index (χ0n) is 22.3. The van der Waals surface area contributed by atoms with Crippen LogP contribution in [0, 0.1) is 12.8 Å². The van der Waals surface area contributed by atoms with Crippen molar-refractivity contribution in [1.82, 2.24) is 25.1 Å². The zero-order chi connectivity index (χ0) is 27.1. The number of carbonyl (C=O) groups is 1. The van der Waals surface area contributed by atoms with Gasteiger partial charge in [-0.3, -0.25) is 14.9 Å². The Bertz CT molecular complexity index is 1840. The van der Waals surface area contributed by atoms with Crippen LogP contribution in [0.4, 0.5) is 5.69 Å². The molecule has 5 heterocycles. The lowest BCUT2D eigenvalue weighted by Gasteiger charge is -2.20. The van der Waals surface area contributed by atoms with Gasteiger partial charge >= 0.3 is 0 Å². The summed E-state index contributed by atoms with van der Waals surface area (Å²) < 4.78 is 0. The summed E-state index contributed by atoms with van der Waals surface area (Å²) in [5.41, 5.74) is 7.30. The number of carbonyl (C=O) groups excluding carboxylic acids is 1. The fourth-order valence-corrected chi connectivity index (χ4v) is 6.79. The Hall–Kier alpha value is -4.30. The number of nitrogens with zero attached hydrogens (tertiary/aromatic N) is 3. The number of aryl methyl sites for hydroxylation is 1. The number of nitrogens with one attached hydrogen (secondary N) is 3. The predicted octanol–water partition coefficient (Wildman–Crippen LogP) is 8.11. The Morgan fingerprint density at radius 1 is 1.00 bits per heavy atom. The summed E-state index contributed by atoms with van der Waals surface area (Å²) in [5.74, 6) is 0.554. The van der Waals surface area contributed by atoms with Crippen LogP contribution in [0.25, 0.3) is 54.9 Å². The van der Waals surface area contributed by atoms with Crippen molar-refractivity contribution < 1.29 is 4.79 Å². The number of hydrogen-bond donors (Lipinski definition) is 3.